The van der Waals surface area contributed by atoms with Crippen molar-refractivity contribution in [3.05, 3.63) is 29.8 Å². The van der Waals surface area contributed by atoms with Crippen molar-refractivity contribution in [1.29, 1.82) is 0 Å². The molecule has 0 aliphatic carbocycles. The highest BCUT2D eigenvalue weighted by molar-refractivity contribution is 7.86. The van der Waals surface area contributed by atoms with E-state index in [-0.39, 0.29) is 0 Å². The molecule has 1 aromatic rings. The SMILES string of the molecule is Cc1ccc(S(=O)(=O)O[C@H]2[C@H]3O[C@H]4[C@H](O)[C@@H](O)[C@@H](O[C@H]5[C@H](O)C(O)[C@@H](O[C@H]6[C@H](O)[C@@H](O)[C@@H](O[C@H]7[C@H](O)[C@@H](O)[C@@H](O[C@H]8[C@H](O)[C@@H](O)[C@@H](O[C@H]9[C@H](O)[C@@H](O)[C@@H](O[C@@H]([C@@H]2O)[C@@H](CO)O3)O[C@@H]9CO)O[C@@H]8CO)O[C@@H]7CO)O[C@@H]6CO)O[C@@H]5CO)O[C@@H]4CO)cc1. The molecular formula is C49H76O37S. The standard InChI is InChI=1S/C49H76O37S/c1-13-2-4-14(5-3-13)87(70,71)86-42-34(69)41-21(12-56)78-49(42)85-40-20(11-55)77-47(33(68)27(40)62)83-38-18(9-53)75-45(31(66)25(38)60)81-36-16(7-51)73-43(29(64)23(36)58)79-35-15(6-50)72-44(28(63)22(35)57)80-37-17(8-52)74-46(30(65)24(37)59)82-39-19(10-54)76-48(84-41)32(67)26(39)61/h2-5,15-69H,6-12H2,1H3/t15-,16-,17-,18-,19-,20-,21-,22-,23-,24-,25-,26-,27-,28-,29-,30-,31?,32-,33-,34+,35-,36-,37-,38-,39-,40-,41-,42-,43-,44-,45-,46-,47-,48-,49-/m1/s1. The first-order valence-corrected chi connectivity index (χ1v) is 29.0. The van der Waals surface area contributed by atoms with E-state index >= 15 is 0 Å². The van der Waals surface area contributed by atoms with Crippen LogP contribution in [0.2, 0.25) is 0 Å². The third kappa shape index (κ3) is 13.9. The molecule has 35 atom stereocenters. The van der Waals surface area contributed by atoms with E-state index in [9.17, 15) is 111 Å². The summed E-state index contributed by atoms with van der Waals surface area (Å²) in [6.07, 6.45) is -73.3. The summed E-state index contributed by atoms with van der Waals surface area (Å²) < 4.78 is 114. The van der Waals surface area contributed by atoms with Gasteiger partial charge in [0.15, 0.2) is 50.1 Å². The lowest BCUT2D eigenvalue weighted by atomic mass is 9.95. The topological polar surface area (TPSA) is 577 Å². The second-order valence-corrected chi connectivity index (χ2v) is 23.6. The van der Waals surface area contributed by atoms with Gasteiger partial charge < -0.3 is 168 Å². The van der Waals surface area contributed by atoms with Crippen LogP contribution >= 0.6 is 0 Å². The third-order valence-electron chi connectivity index (χ3n) is 16.3. The molecule has 0 aromatic heterocycles. The molecule has 0 radical (unpaired) electrons. The van der Waals surface area contributed by atoms with E-state index in [0.717, 1.165) is 12.1 Å². The fraction of sp³-hybridized carbons (Fsp3) is 0.878. The third-order valence-corrected chi connectivity index (χ3v) is 17.6. The average molecular weight is 1290 g/mol. The first-order valence-electron chi connectivity index (χ1n) is 27.6. The Kier molecular flexibility index (Phi) is 23.0. The molecule has 1 aromatic carbocycles. The zero-order valence-corrected chi connectivity index (χ0v) is 46.6. The summed E-state index contributed by atoms with van der Waals surface area (Å²) in [6, 6.07) is 5.02. The largest absolute Gasteiger partial charge is 0.394 e. The molecule has 0 saturated carbocycles. The van der Waals surface area contributed by atoms with Crippen molar-refractivity contribution in [2.45, 2.75) is 227 Å². The molecule has 1 unspecified atom stereocenters. The van der Waals surface area contributed by atoms with Gasteiger partial charge >= 0.3 is 0 Å². The summed E-state index contributed by atoms with van der Waals surface area (Å²) in [6.45, 7) is -6.12. The first-order chi connectivity index (χ1) is 41.3. The predicted molar refractivity (Wildman–Crippen MR) is 266 cm³/mol. The maximum Gasteiger partial charge on any atom is 0.297 e. The van der Waals surface area contributed by atoms with Crippen molar-refractivity contribution in [2.75, 3.05) is 46.2 Å². The minimum absolute atomic E-state index is 0.504. The van der Waals surface area contributed by atoms with E-state index in [0.29, 0.717) is 5.56 Å². The first kappa shape index (κ1) is 69.1. The van der Waals surface area contributed by atoms with Gasteiger partial charge in [-0.15, -0.1) is 0 Å². The molecular weight excluding hydrogens is 1210 g/mol. The summed E-state index contributed by atoms with van der Waals surface area (Å²) in [5, 5.41) is 223. The van der Waals surface area contributed by atoms with Crippen molar-refractivity contribution in [1.82, 2.24) is 0 Å². The van der Waals surface area contributed by atoms with Crippen LogP contribution in [0.5, 0.6) is 0 Å². The van der Waals surface area contributed by atoms with Crippen LogP contribution in [-0.2, 0) is 80.6 Å². The van der Waals surface area contributed by atoms with Crippen LogP contribution in [0.3, 0.4) is 0 Å². The summed E-state index contributed by atoms with van der Waals surface area (Å²) >= 11 is 0. The monoisotopic (exact) mass is 1290 g/mol. The molecule has 15 aliphatic heterocycles. The number of aryl methyl sites for hydroxylation is 1. The molecule has 0 amide bonds. The lowest BCUT2D eigenvalue weighted by Crippen LogP contribution is -2.68. The van der Waals surface area contributed by atoms with E-state index in [1.807, 2.05) is 0 Å². The lowest BCUT2D eigenvalue weighted by molar-refractivity contribution is -0.396. The molecule has 14 bridgehead atoms. The Morgan fingerprint density at radius 2 is 0.494 bits per heavy atom. The van der Waals surface area contributed by atoms with Crippen LogP contribution in [0.15, 0.2) is 29.2 Å². The van der Waals surface area contributed by atoms with Gasteiger partial charge in [0.05, 0.1) is 51.1 Å². The van der Waals surface area contributed by atoms with Crippen LogP contribution in [0.1, 0.15) is 5.56 Å². The van der Waals surface area contributed by atoms with Crippen molar-refractivity contribution in [3.63, 3.8) is 0 Å². The maximum absolute atomic E-state index is 14.0. The number of hydrogen-bond acceptors (Lipinski definition) is 37. The Morgan fingerprint density at radius 3 is 0.713 bits per heavy atom. The van der Waals surface area contributed by atoms with Crippen molar-refractivity contribution < 1.29 is 181 Å². The molecule has 0 spiro atoms. The van der Waals surface area contributed by atoms with Crippen LogP contribution in [-0.4, -0.2) is 372 Å². The summed E-state index contributed by atoms with van der Waals surface area (Å²) in [4.78, 5) is -0.504. The molecule has 15 heterocycles. The molecule has 38 heteroatoms. The number of aliphatic hydroxyl groups is 20. The number of rotatable bonds is 10. The highest BCUT2D eigenvalue weighted by atomic mass is 32.2. The predicted octanol–water partition coefficient (Wildman–Crippen LogP) is -13.5. The quantitative estimate of drug-likeness (QED) is 0.0967. The number of ether oxygens (including phenoxy) is 14. The van der Waals surface area contributed by atoms with Gasteiger partial charge in [0.2, 0.25) is 0 Å². The van der Waals surface area contributed by atoms with Crippen LogP contribution < -0.4 is 0 Å². The fourth-order valence-corrected chi connectivity index (χ4v) is 12.5. The molecule has 15 aliphatic rings. The zero-order chi connectivity index (χ0) is 63.2. The minimum atomic E-state index is -5.02. The van der Waals surface area contributed by atoms with Gasteiger partial charge in [-0.2, -0.15) is 8.42 Å². The Labute approximate surface area is 492 Å². The number of aliphatic hydroxyl groups excluding tert-OH is 20. The highest BCUT2D eigenvalue weighted by Crippen LogP contribution is 2.40. The normalized spacial score (nSPS) is 50.5. The van der Waals surface area contributed by atoms with Crippen molar-refractivity contribution >= 4 is 10.1 Å². The second-order valence-electron chi connectivity index (χ2n) is 22.0. The molecule has 15 saturated heterocycles. The molecule has 15 fully saturated rings. The van der Waals surface area contributed by atoms with Gasteiger partial charge in [0.25, 0.3) is 10.1 Å². The van der Waals surface area contributed by atoms with Gasteiger partial charge in [-0.3, -0.25) is 4.18 Å². The van der Waals surface area contributed by atoms with Crippen LogP contribution in [0.25, 0.3) is 0 Å². The summed E-state index contributed by atoms with van der Waals surface area (Å²) in [5.41, 5.74) is 0.600. The molecule has 37 nitrogen and oxygen atoms in total. The van der Waals surface area contributed by atoms with Crippen molar-refractivity contribution in [3.8, 4) is 0 Å². The molecule has 16 rings (SSSR count). The van der Waals surface area contributed by atoms with Crippen molar-refractivity contribution in [2.24, 2.45) is 0 Å². The van der Waals surface area contributed by atoms with Gasteiger partial charge in [0, 0.05) is 0 Å². The Bertz CT molecular complexity index is 2430. The van der Waals surface area contributed by atoms with Gasteiger partial charge in [-0.25, -0.2) is 0 Å². The average Bonchev–Trinajstić information content (AvgIpc) is 1.18. The second kappa shape index (κ2) is 29.0. The lowest BCUT2D eigenvalue weighted by Gasteiger charge is -2.50. The van der Waals surface area contributed by atoms with Gasteiger partial charge in [-0.1, -0.05) is 17.7 Å². The fourth-order valence-electron chi connectivity index (χ4n) is 11.4. The smallest absolute Gasteiger partial charge is 0.297 e. The van der Waals surface area contributed by atoms with E-state index in [2.05, 4.69) is 0 Å². The van der Waals surface area contributed by atoms with Gasteiger partial charge in [-0.05, 0) is 19.1 Å². The Balaban J connectivity index is 1.04. The van der Waals surface area contributed by atoms with E-state index in [1.54, 1.807) is 6.92 Å². The zero-order valence-electron chi connectivity index (χ0n) is 45.8. The summed E-state index contributed by atoms with van der Waals surface area (Å²) in [7, 11) is -5.02. The Morgan fingerprint density at radius 1 is 0.299 bits per heavy atom. The molecule has 87 heavy (non-hydrogen) atoms. The molecule has 20 N–H and O–H groups in total. The Hall–Kier alpha value is -2.23. The minimum Gasteiger partial charge on any atom is -0.394 e. The van der Waals surface area contributed by atoms with E-state index in [1.165, 1.54) is 12.1 Å². The van der Waals surface area contributed by atoms with E-state index < -0.39 is 276 Å². The van der Waals surface area contributed by atoms with Crippen LogP contribution in [0, 0.1) is 6.92 Å². The number of fused-ring (bicyclic) bond motifs is 7. The maximum atomic E-state index is 14.0. The van der Waals surface area contributed by atoms with Crippen LogP contribution in [0.4, 0.5) is 0 Å². The van der Waals surface area contributed by atoms with Gasteiger partial charge in [0.1, 0.15) is 165 Å². The summed E-state index contributed by atoms with van der Waals surface area (Å²) in [5.74, 6) is 0. The molecule has 500 valence electrons. The number of benzene rings is 1. The van der Waals surface area contributed by atoms with E-state index in [4.69, 9.17) is 70.5 Å². The number of hydrogen-bond donors (Lipinski definition) is 20. The highest BCUT2D eigenvalue weighted by Gasteiger charge is 2.60.